The maximum atomic E-state index is 5.60. The topological polar surface area (TPSA) is 49.7 Å². The molecule has 57 heavy (non-hydrogen) atoms. The second-order valence-electron chi connectivity index (χ2n) is 12.2. The van der Waals surface area contributed by atoms with Crippen LogP contribution in [0.4, 0.5) is 22.7 Å². The third kappa shape index (κ3) is 12.5. The number of nitrogens with zero attached hydrogens (tertiary/aromatic N) is 4. The van der Waals surface area contributed by atoms with E-state index in [2.05, 4.69) is 147 Å². The molecule has 6 rings (SSSR count). The van der Waals surface area contributed by atoms with Gasteiger partial charge >= 0.3 is 33.3 Å². The number of hydrogen-bond acceptors (Lipinski definition) is 5. The van der Waals surface area contributed by atoms with Crippen molar-refractivity contribution in [2.45, 2.75) is 55.4 Å². The van der Waals surface area contributed by atoms with Crippen LogP contribution in [0.3, 0.4) is 0 Å². The average molecular weight is 846 g/mol. The molecular formula is C48H54Cl2FeN4O2. The Kier molecular flexibility index (Phi) is 20.0. The number of aliphatic imine (C=N–C) groups is 2. The van der Waals surface area contributed by atoms with Crippen LogP contribution in [0.5, 0.6) is 11.5 Å². The van der Waals surface area contributed by atoms with E-state index in [9.17, 15) is 0 Å². The second-order valence-corrected chi connectivity index (χ2v) is 14.0. The van der Waals surface area contributed by atoms with Gasteiger partial charge in [-0.1, -0.05) is 100 Å². The number of aryl methyl sites for hydroxylation is 4. The Morgan fingerprint density at radius 1 is 0.456 bits per heavy atom. The van der Waals surface area contributed by atoms with E-state index in [0.29, 0.717) is 11.7 Å². The number of hydrogen-bond donors (Lipinski definition) is 0. The Morgan fingerprint density at radius 2 is 0.754 bits per heavy atom. The van der Waals surface area contributed by atoms with Crippen LogP contribution >= 0.6 is 20.2 Å². The average Bonchev–Trinajstić information content (AvgIpc) is 3.26. The van der Waals surface area contributed by atoms with Crippen LogP contribution in [0.1, 0.15) is 61.1 Å². The number of rotatable bonds is 9. The van der Waals surface area contributed by atoms with Crippen molar-refractivity contribution in [2.24, 2.45) is 9.98 Å². The van der Waals surface area contributed by atoms with Crippen LogP contribution in [0.25, 0.3) is 0 Å². The molecule has 0 saturated carbocycles. The number of anilines is 2. The van der Waals surface area contributed by atoms with Gasteiger partial charge in [-0.25, -0.2) is 20.0 Å². The van der Waals surface area contributed by atoms with Crippen LogP contribution in [-0.2, 0) is 13.1 Å². The molecule has 0 aliphatic heterocycles. The Bertz CT molecular complexity index is 1950. The van der Waals surface area contributed by atoms with Gasteiger partial charge in [-0.2, -0.15) is 0 Å². The van der Waals surface area contributed by atoms with Gasteiger partial charge < -0.3 is 9.47 Å². The SMILES string of the molecule is CC.CC.COc1ccc(C(=Nc2c(C)cccc2C)N(C(=Nc2c(C)cccc2C)c2ccc(OC)cc2)N(c2ccccc2)c2ccccc2)cc1.[Cl][Fe][Cl]. The van der Waals surface area contributed by atoms with Gasteiger partial charge in [0.25, 0.3) is 0 Å². The van der Waals surface area contributed by atoms with E-state index in [4.69, 9.17) is 39.7 Å². The molecule has 0 atom stereocenters. The molecule has 0 fully saturated rings. The van der Waals surface area contributed by atoms with E-state index in [1.54, 1.807) is 14.2 Å². The minimum atomic E-state index is 0.194. The fourth-order valence-corrected chi connectivity index (χ4v) is 5.93. The van der Waals surface area contributed by atoms with E-state index in [-0.39, 0.29) is 13.1 Å². The molecule has 0 aromatic heterocycles. The van der Waals surface area contributed by atoms with Gasteiger partial charge in [0.05, 0.1) is 37.0 Å². The molecule has 9 heteroatoms. The first-order chi connectivity index (χ1) is 27.8. The van der Waals surface area contributed by atoms with Crippen molar-refractivity contribution < 1.29 is 22.6 Å². The second kappa shape index (κ2) is 24.6. The summed E-state index contributed by atoms with van der Waals surface area (Å²) >= 11 is 0.194. The van der Waals surface area contributed by atoms with Crippen molar-refractivity contribution in [1.82, 2.24) is 5.01 Å². The zero-order valence-electron chi connectivity index (χ0n) is 34.6. The van der Waals surface area contributed by atoms with Gasteiger partial charge in [0, 0.05) is 11.1 Å². The van der Waals surface area contributed by atoms with Crippen molar-refractivity contribution in [3.63, 3.8) is 0 Å². The van der Waals surface area contributed by atoms with Crippen LogP contribution < -0.4 is 14.5 Å². The van der Waals surface area contributed by atoms with Gasteiger partial charge in [-0.15, -0.1) is 0 Å². The summed E-state index contributed by atoms with van der Waals surface area (Å²) in [6.07, 6.45) is 0. The molecule has 0 unspecified atom stereocenters. The van der Waals surface area contributed by atoms with E-state index in [1.165, 1.54) is 0 Å². The van der Waals surface area contributed by atoms with Gasteiger partial charge in [-0.05, 0) is 123 Å². The molecule has 0 saturated heterocycles. The van der Waals surface area contributed by atoms with E-state index in [1.807, 2.05) is 64.1 Å². The van der Waals surface area contributed by atoms with Gasteiger partial charge in [-0.3, -0.25) is 0 Å². The Morgan fingerprint density at radius 3 is 1.04 bits per heavy atom. The standard InChI is InChI=1S/C44H42N4O2.2C2H6.2ClH.Fe/c1-31-15-13-16-32(2)41(31)45-43(35-23-27-39(49-5)28-24-35)48(47(37-19-9-7-10-20-37)38-21-11-8-12-22-38)44(36-25-29-40(50-6)30-26-36)46-42-33(3)17-14-18-34(42)4;2*1-2;;;/h7-30H,1-6H3;2*1-2H3;2*1H;/q;;;;;+2/p-2. The fraction of sp³-hybridized carbons (Fsp3) is 0.208. The molecule has 300 valence electrons. The van der Waals surface area contributed by atoms with Crippen LogP contribution in [0.15, 0.2) is 156 Å². The van der Waals surface area contributed by atoms with Crippen LogP contribution in [-0.4, -0.2) is 30.9 Å². The third-order valence-corrected chi connectivity index (χ3v) is 8.61. The predicted molar refractivity (Wildman–Crippen MR) is 241 cm³/mol. The van der Waals surface area contributed by atoms with Crippen molar-refractivity contribution in [2.75, 3.05) is 19.2 Å². The van der Waals surface area contributed by atoms with Crippen molar-refractivity contribution in [3.8, 4) is 11.5 Å². The Labute approximate surface area is 355 Å². The van der Waals surface area contributed by atoms with E-state index >= 15 is 0 Å². The number of hydrazine groups is 1. The van der Waals surface area contributed by atoms with E-state index < -0.39 is 0 Å². The van der Waals surface area contributed by atoms with Gasteiger partial charge in [0.1, 0.15) is 11.5 Å². The minimum absolute atomic E-state index is 0.194. The van der Waals surface area contributed by atoms with Crippen LogP contribution in [0.2, 0.25) is 0 Å². The molecule has 0 spiro atoms. The molecule has 0 bridgehead atoms. The zero-order chi connectivity index (χ0) is 41.7. The summed E-state index contributed by atoms with van der Waals surface area (Å²) in [4.78, 5) is 11.2. The molecule has 0 heterocycles. The summed E-state index contributed by atoms with van der Waals surface area (Å²) in [6.45, 7) is 16.4. The quantitative estimate of drug-likeness (QED) is 0.0630. The molecule has 6 nitrogen and oxygen atoms in total. The molecule has 6 aromatic rings. The number of para-hydroxylation sites is 4. The first kappa shape index (κ1) is 46.3. The third-order valence-electron chi connectivity index (χ3n) is 8.61. The number of benzene rings is 6. The number of ether oxygens (including phenoxy) is 2. The maximum absolute atomic E-state index is 5.60. The molecule has 0 aliphatic rings. The summed E-state index contributed by atoms with van der Waals surface area (Å²) in [5.74, 6) is 2.88. The van der Waals surface area contributed by atoms with Crippen LogP contribution in [0, 0.1) is 27.7 Å². The summed E-state index contributed by atoms with van der Waals surface area (Å²) in [6, 6.07) is 49.3. The van der Waals surface area contributed by atoms with Crippen molar-refractivity contribution >= 4 is 54.6 Å². The van der Waals surface area contributed by atoms with Crippen molar-refractivity contribution in [3.05, 3.63) is 179 Å². The summed E-state index contributed by atoms with van der Waals surface area (Å²) in [5.41, 5.74) is 9.70. The van der Waals surface area contributed by atoms with E-state index in [0.717, 1.165) is 67.6 Å². The van der Waals surface area contributed by atoms with Gasteiger partial charge in [0.2, 0.25) is 0 Å². The molecular weight excluding hydrogens is 791 g/mol. The fourth-order valence-electron chi connectivity index (χ4n) is 5.93. The monoisotopic (exact) mass is 844 g/mol. The van der Waals surface area contributed by atoms with Crippen molar-refractivity contribution in [1.29, 1.82) is 0 Å². The first-order valence-corrected chi connectivity index (χ1v) is 22.0. The number of amidine groups is 2. The molecule has 0 amide bonds. The zero-order valence-corrected chi connectivity index (χ0v) is 37.2. The Balaban J connectivity index is 0.00000117. The molecule has 0 aliphatic carbocycles. The molecule has 6 aromatic carbocycles. The molecule has 0 radical (unpaired) electrons. The predicted octanol–water partition coefficient (Wildman–Crippen LogP) is 14.3. The number of methoxy groups -OCH3 is 2. The molecule has 0 N–H and O–H groups in total. The summed E-state index contributed by atoms with van der Waals surface area (Å²) < 4.78 is 11.2. The Hall–Kier alpha value is -5.04. The normalized spacial score (nSPS) is 10.8. The first-order valence-electron chi connectivity index (χ1n) is 18.9. The summed E-state index contributed by atoms with van der Waals surface area (Å²) in [7, 11) is 12.9. The summed E-state index contributed by atoms with van der Waals surface area (Å²) in [5, 5.41) is 4.33. The number of halogens is 2. The van der Waals surface area contributed by atoms with Gasteiger partial charge in [0.15, 0.2) is 11.7 Å².